The van der Waals surface area contributed by atoms with Gasteiger partial charge in [0.05, 0.1) is 18.4 Å². The molecule has 0 saturated carbocycles. The lowest BCUT2D eigenvalue weighted by Gasteiger charge is -2.13. The molecule has 0 unspecified atom stereocenters. The van der Waals surface area contributed by atoms with Gasteiger partial charge in [0.25, 0.3) is 0 Å². The maximum absolute atomic E-state index is 11.7. The third-order valence-electron chi connectivity index (χ3n) is 2.54. The highest BCUT2D eigenvalue weighted by molar-refractivity contribution is 9.10. The Balaban J connectivity index is 2.90. The van der Waals surface area contributed by atoms with Gasteiger partial charge in [-0.05, 0) is 34.5 Å². The van der Waals surface area contributed by atoms with Crippen LogP contribution in [0.3, 0.4) is 0 Å². The summed E-state index contributed by atoms with van der Waals surface area (Å²) in [6.45, 7) is 2.97. The first-order chi connectivity index (χ1) is 8.60. The molecule has 0 saturated heterocycles. The molecule has 3 nitrogen and oxygen atoms in total. The van der Waals surface area contributed by atoms with E-state index in [1.54, 1.807) is 12.1 Å². The molecule has 1 rings (SSSR count). The number of rotatable bonds is 6. The Kier molecular flexibility index (Phi) is 6.50. The first-order valence-electron chi connectivity index (χ1n) is 5.91. The van der Waals surface area contributed by atoms with Crippen molar-refractivity contribution in [3.8, 4) is 0 Å². The molecular formula is C13H17BrClNO2. The van der Waals surface area contributed by atoms with E-state index in [4.69, 9.17) is 16.3 Å². The third kappa shape index (κ3) is 4.18. The maximum Gasteiger partial charge on any atom is 0.340 e. The number of hydrogen-bond donors (Lipinski definition) is 1. The van der Waals surface area contributed by atoms with Gasteiger partial charge in [0.15, 0.2) is 0 Å². The molecule has 0 amide bonds. The Bertz CT molecular complexity index is 424. The number of carbonyl (C=O) groups excluding carboxylic acids is 1. The fraction of sp³-hybridized carbons (Fsp3) is 0.462. The van der Waals surface area contributed by atoms with Crippen LogP contribution in [0.15, 0.2) is 16.6 Å². The van der Waals surface area contributed by atoms with Crippen molar-refractivity contribution in [3.05, 3.63) is 27.2 Å². The Morgan fingerprint density at radius 3 is 2.78 bits per heavy atom. The molecular weight excluding hydrogens is 318 g/mol. The number of methoxy groups -OCH3 is 1. The molecule has 0 radical (unpaired) electrons. The second-order valence-corrected chi connectivity index (χ2v) is 5.23. The van der Waals surface area contributed by atoms with Crippen molar-refractivity contribution < 1.29 is 9.53 Å². The minimum absolute atomic E-state index is 0.392. The van der Waals surface area contributed by atoms with Crippen LogP contribution < -0.4 is 5.32 Å². The SMILES string of the molecule is CCCCCNc1c(Br)cc(Cl)cc1C(=O)OC. The lowest BCUT2D eigenvalue weighted by molar-refractivity contribution is 0.0601. The zero-order valence-electron chi connectivity index (χ0n) is 10.6. The third-order valence-corrected chi connectivity index (χ3v) is 3.39. The number of ether oxygens (including phenoxy) is 1. The van der Waals surface area contributed by atoms with E-state index in [1.165, 1.54) is 7.11 Å². The summed E-state index contributed by atoms with van der Waals surface area (Å²) in [4.78, 5) is 11.7. The molecule has 0 atom stereocenters. The van der Waals surface area contributed by atoms with Crippen LogP contribution in [-0.2, 0) is 4.74 Å². The zero-order chi connectivity index (χ0) is 13.5. The number of carbonyl (C=O) groups is 1. The Hall–Kier alpha value is -0.740. The van der Waals surface area contributed by atoms with Gasteiger partial charge >= 0.3 is 5.97 Å². The predicted octanol–water partition coefficient (Wildman–Crippen LogP) is 4.49. The zero-order valence-corrected chi connectivity index (χ0v) is 12.9. The van der Waals surface area contributed by atoms with E-state index >= 15 is 0 Å². The van der Waals surface area contributed by atoms with Crippen LogP contribution >= 0.6 is 27.5 Å². The number of halogens is 2. The molecule has 0 aliphatic rings. The fourth-order valence-electron chi connectivity index (χ4n) is 1.61. The van der Waals surface area contributed by atoms with E-state index in [1.807, 2.05) is 0 Å². The minimum Gasteiger partial charge on any atom is -0.465 e. The molecule has 100 valence electrons. The molecule has 0 fully saturated rings. The monoisotopic (exact) mass is 333 g/mol. The second-order valence-electron chi connectivity index (χ2n) is 3.94. The van der Waals surface area contributed by atoms with Crippen LogP contribution in [0.4, 0.5) is 5.69 Å². The van der Waals surface area contributed by atoms with Crippen LogP contribution in [0.1, 0.15) is 36.5 Å². The first-order valence-corrected chi connectivity index (χ1v) is 7.08. The highest BCUT2D eigenvalue weighted by atomic mass is 79.9. The van der Waals surface area contributed by atoms with Crippen LogP contribution in [0, 0.1) is 0 Å². The standard InChI is InChI=1S/C13H17BrClNO2/c1-3-4-5-6-16-12-10(13(17)18-2)7-9(15)8-11(12)14/h7-8,16H,3-6H2,1-2H3. The summed E-state index contributed by atoms with van der Waals surface area (Å²) in [5, 5.41) is 3.75. The quantitative estimate of drug-likeness (QED) is 0.615. The van der Waals surface area contributed by atoms with Gasteiger partial charge in [0, 0.05) is 16.0 Å². The summed E-state index contributed by atoms with van der Waals surface area (Å²) in [7, 11) is 1.36. The second kappa shape index (κ2) is 7.64. The molecule has 5 heteroatoms. The van der Waals surface area contributed by atoms with Crippen molar-refractivity contribution in [2.75, 3.05) is 19.0 Å². The molecule has 0 aromatic heterocycles. The molecule has 0 heterocycles. The van der Waals surface area contributed by atoms with Gasteiger partial charge in [0.2, 0.25) is 0 Å². The van der Waals surface area contributed by atoms with Crippen molar-refractivity contribution in [2.45, 2.75) is 26.2 Å². The maximum atomic E-state index is 11.7. The smallest absolute Gasteiger partial charge is 0.340 e. The summed E-state index contributed by atoms with van der Waals surface area (Å²) in [6.07, 6.45) is 3.38. The van der Waals surface area contributed by atoms with Gasteiger partial charge in [-0.3, -0.25) is 0 Å². The normalized spacial score (nSPS) is 10.2. The van der Waals surface area contributed by atoms with Gasteiger partial charge in [-0.1, -0.05) is 31.4 Å². The molecule has 0 aliphatic carbocycles. The topological polar surface area (TPSA) is 38.3 Å². The van der Waals surface area contributed by atoms with E-state index in [9.17, 15) is 4.79 Å². The summed E-state index contributed by atoms with van der Waals surface area (Å²) in [6, 6.07) is 3.37. The van der Waals surface area contributed by atoms with Crippen molar-refractivity contribution in [1.82, 2.24) is 0 Å². The molecule has 18 heavy (non-hydrogen) atoms. The number of hydrogen-bond acceptors (Lipinski definition) is 3. The number of unbranched alkanes of at least 4 members (excludes halogenated alkanes) is 2. The average Bonchev–Trinajstić information content (AvgIpc) is 2.35. The van der Waals surface area contributed by atoms with Crippen molar-refractivity contribution in [1.29, 1.82) is 0 Å². The molecule has 1 aromatic carbocycles. The van der Waals surface area contributed by atoms with E-state index in [2.05, 4.69) is 28.2 Å². The number of nitrogens with one attached hydrogen (secondary N) is 1. The lowest BCUT2D eigenvalue weighted by Crippen LogP contribution is -2.10. The lowest BCUT2D eigenvalue weighted by atomic mass is 10.1. The Morgan fingerprint density at radius 1 is 1.44 bits per heavy atom. The average molecular weight is 335 g/mol. The van der Waals surface area contributed by atoms with Crippen molar-refractivity contribution in [2.24, 2.45) is 0 Å². The van der Waals surface area contributed by atoms with E-state index < -0.39 is 5.97 Å². The molecule has 0 bridgehead atoms. The summed E-state index contributed by atoms with van der Waals surface area (Å²) < 4.78 is 5.53. The van der Waals surface area contributed by atoms with Crippen molar-refractivity contribution in [3.63, 3.8) is 0 Å². The van der Waals surface area contributed by atoms with Crippen LogP contribution in [0.5, 0.6) is 0 Å². The summed E-state index contributed by atoms with van der Waals surface area (Å²) in [5.74, 6) is -0.392. The first kappa shape index (κ1) is 15.3. The number of anilines is 1. The Morgan fingerprint density at radius 2 is 2.17 bits per heavy atom. The molecule has 1 aromatic rings. The van der Waals surface area contributed by atoms with E-state index in [-0.39, 0.29) is 0 Å². The van der Waals surface area contributed by atoms with Crippen molar-refractivity contribution >= 4 is 39.2 Å². The van der Waals surface area contributed by atoms with E-state index in [0.717, 1.165) is 36.0 Å². The predicted molar refractivity (Wildman–Crippen MR) is 78.5 cm³/mol. The molecule has 1 N–H and O–H groups in total. The molecule has 0 spiro atoms. The van der Waals surface area contributed by atoms with Gasteiger partial charge in [-0.25, -0.2) is 4.79 Å². The van der Waals surface area contributed by atoms with Gasteiger partial charge in [0.1, 0.15) is 0 Å². The highest BCUT2D eigenvalue weighted by Gasteiger charge is 2.15. The summed E-state index contributed by atoms with van der Waals surface area (Å²) >= 11 is 9.35. The molecule has 0 aliphatic heterocycles. The van der Waals surface area contributed by atoms with Gasteiger partial charge in [-0.15, -0.1) is 0 Å². The number of esters is 1. The largest absolute Gasteiger partial charge is 0.465 e. The minimum atomic E-state index is -0.392. The number of benzene rings is 1. The van der Waals surface area contributed by atoms with Crippen LogP contribution in [0.2, 0.25) is 5.02 Å². The van der Waals surface area contributed by atoms with E-state index in [0.29, 0.717) is 10.6 Å². The summed E-state index contributed by atoms with van der Waals surface area (Å²) in [5.41, 5.74) is 1.19. The Labute approximate surface area is 121 Å². The van der Waals surface area contributed by atoms with Gasteiger partial charge < -0.3 is 10.1 Å². The fourth-order valence-corrected chi connectivity index (χ4v) is 2.56. The highest BCUT2D eigenvalue weighted by Crippen LogP contribution is 2.31. The van der Waals surface area contributed by atoms with Crippen LogP contribution in [-0.4, -0.2) is 19.6 Å². The van der Waals surface area contributed by atoms with Gasteiger partial charge in [-0.2, -0.15) is 0 Å². The van der Waals surface area contributed by atoms with Crippen LogP contribution in [0.25, 0.3) is 0 Å².